The lowest BCUT2D eigenvalue weighted by molar-refractivity contribution is 0.414. The molecule has 0 aliphatic heterocycles. The number of ether oxygens (including phenoxy) is 1. The lowest BCUT2D eigenvalue weighted by Crippen LogP contribution is -2.05. The predicted octanol–water partition coefficient (Wildman–Crippen LogP) is 2.77. The number of benzene rings is 2. The summed E-state index contributed by atoms with van der Waals surface area (Å²) in [5.41, 5.74) is 7.13. The van der Waals surface area contributed by atoms with Gasteiger partial charge in [-0.05, 0) is 42.3 Å². The topological polar surface area (TPSA) is 52.3 Å². The van der Waals surface area contributed by atoms with Crippen LogP contribution in [0.3, 0.4) is 0 Å². The molecular formula is C15H16FNO2S. The smallest absolute Gasteiger partial charge is 0.124 e. The molecule has 1 unspecified atom stereocenters. The molecule has 1 atom stereocenters. The maximum Gasteiger partial charge on any atom is 0.124 e. The molecule has 20 heavy (non-hydrogen) atoms. The van der Waals surface area contributed by atoms with Crippen molar-refractivity contribution < 1.29 is 13.3 Å². The monoisotopic (exact) mass is 293 g/mol. The van der Waals surface area contributed by atoms with Crippen LogP contribution in [0, 0.1) is 5.82 Å². The van der Waals surface area contributed by atoms with E-state index < -0.39 is 16.6 Å². The highest BCUT2D eigenvalue weighted by Crippen LogP contribution is 2.19. The molecule has 0 radical (unpaired) electrons. The molecule has 2 rings (SSSR count). The fourth-order valence-electron chi connectivity index (χ4n) is 1.82. The zero-order valence-corrected chi connectivity index (χ0v) is 12.0. The van der Waals surface area contributed by atoms with E-state index in [4.69, 9.17) is 10.5 Å². The van der Waals surface area contributed by atoms with E-state index >= 15 is 0 Å². The Morgan fingerprint density at radius 2 is 1.90 bits per heavy atom. The van der Waals surface area contributed by atoms with E-state index in [1.165, 1.54) is 18.2 Å². The highest BCUT2D eigenvalue weighted by molar-refractivity contribution is 7.85. The van der Waals surface area contributed by atoms with Gasteiger partial charge in [-0.2, -0.15) is 0 Å². The Hall–Kier alpha value is -1.88. The molecule has 0 heterocycles. The third kappa shape index (κ3) is 3.57. The molecule has 0 bridgehead atoms. The van der Waals surface area contributed by atoms with Crippen molar-refractivity contribution in [1.82, 2.24) is 0 Å². The van der Waals surface area contributed by atoms with Gasteiger partial charge in [-0.25, -0.2) is 4.39 Å². The molecule has 0 aliphatic carbocycles. The second-order valence-electron chi connectivity index (χ2n) is 4.33. The van der Waals surface area contributed by atoms with Gasteiger partial charge >= 0.3 is 0 Å². The predicted molar refractivity (Wildman–Crippen MR) is 78.8 cm³/mol. The van der Waals surface area contributed by atoms with Crippen LogP contribution in [0.25, 0.3) is 0 Å². The number of hydrogen-bond donors (Lipinski definition) is 1. The van der Waals surface area contributed by atoms with Gasteiger partial charge in [0.05, 0.1) is 22.8 Å². The number of nitrogens with two attached hydrogens (primary N) is 1. The Bertz CT molecular complexity index is 614. The number of nitrogen functional groups attached to an aromatic ring is 1. The van der Waals surface area contributed by atoms with Gasteiger partial charge in [-0.1, -0.05) is 12.1 Å². The van der Waals surface area contributed by atoms with Crippen molar-refractivity contribution in [3.8, 4) is 5.75 Å². The number of hydrogen-bond acceptors (Lipinski definition) is 3. The molecule has 3 nitrogen and oxygen atoms in total. The van der Waals surface area contributed by atoms with Gasteiger partial charge in [0.1, 0.15) is 11.6 Å². The van der Waals surface area contributed by atoms with Crippen LogP contribution in [0.1, 0.15) is 5.56 Å². The summed E-state index contributed by atoms with van der Waals surface area (Å²) in [6, 6.07) is 11.5. The Morgan fingerprint density at radius 1 is 1.20 bits per heavy atom. The summed E-state index contributed by atoms with van der Waals surface area (Å²) in [6.07, 6.45) is 0.632. The number of anilines is 1. The summed E-state index contributed by atoms with van der Waals surface area (Å²) >= 11 is 0. The molecule has 2 N–H and O–H groups in total. The van der Waals surface area contributed by atoms with Crippen molar-refractivity contribution in [1.29, 1.82) is 0 Å². The van der Waals surface area contributed by atoms with Crippen LogP contribution in [0.15, 0.2) is 47.4 Å². The molecule has 5 heteroatoms. The summed E-state index contributed by atoms with van der Waals surface area (Å²) in [5, 5.41) is 0. The molecule has 0 aromatic heterocycles. The summed E-state index contributed by atoms with van der Waals surface area (Å²) in [7, 11) is 0.299. The van der Waals surface area contributed by atoms with Gasteiger partial charge < -0.3 is 10.5 Å². The van der Waals surface area contributed by atoms with Crippen LogP contribution >= 0.6 is 0 Å². The van der Waals surface area contributed by atoms with Crippen molar-refractivity contribution in [3.63, 3.8) is 0 Å². The maximum absolute atomic E-state index is 13.2. The zero-order chi connectivity index (χ0) is 14.5. The minimum Gasteiger partial charge on any atom is -0.497 e. The van der Waals surface area contributed by atoms with Crippen molar-refractivity contribution in [2.45, 2.75) is 11.3 Å². The quantitative estimate of drug-likeness (QED) is 0.862. The summed E-state index contributed by atoms with van der Waals surface area (Å²) in [4.78, 5) is 0.360. The van der Waals surface area contributed by atoms with Crippen molar-refractivity contribution in [2.24, 2.45) is 0 Å². The molecular weight excluding hydrogens is 277 g/mol. The molecule has 0 saturated carbocycles. The number of methoxy groups -OCH3 is 1. The van der Waals surface area contributed by atoms with Gasteiger partial charge in [0.15, 0.2) is 0 Å². The highest BCUT2D eigenvalue weighted by atomic mass is 32.2. The van der Waals surface area contributed by atoms with E-state index in [0.29, 0.717) is 22.8 Å². The molecule has 106 valence electrons. The summed E-state index contributed by atoms with van der Waals surface area (Å²) < 4.78 is 30.4. The maximum atomic E-state index is 13.2. The standard InChI is InChI=1S/C15H16FNO2S/c1-19-13-5-2-11(3-6-13)8-9-20(18)15-10-12(16)4-7-14(15)17/h2-7,10H,8-9,17H2,1H3. The van der Waals surface area contributed by atoms with Crippen molar-refractivity contribution in [3.05, 3.63) is 53.8 Å². The third-order valence-corrected chi connectivity index (χ3v) is 4.38. The SMILES string of the molecule is COc1ccc(CCS(=O)c2cc(F)ccc2N)cc1. The van der Waals surface area contributed by atoms with E-state index in [0.717, 1.165) is 11.3 Å². The molecule has 0 fully saturated rings. The van der Waals surface area contributed by atoms with E-state index in [1.54, 1.807) is 7.11 Å². The number of halogens is 1. The first-order chi connectivity index (χ1) is 9.60. The van der Waals surface area contributed by atoms with Crippen LogP contribution in [-0.2, 0) is 17.2 Å². The summed E-state index contributed by atoms with van der Waals surface area (Å²) in [5.74, 6) is 0.760. The first-order valence-electron chi connectivity index (χ1n) is 6.16. The van der Waals surface area contributed by atoms with Crippen LogP contribution < -0.4 is 10.5 Å². The van der Waals surface area contributed by atoms with E-state index in [1.807, 2.05) is 24.3 Å². The lowest BCUT2D eigenvalue weighted by atomic mass is 10.2. The molecule has 2 aromatic carbocycles. The molecule has 0 aliphatic rings. The zero-order valence-electron chi connectivity index (χ0n) is 11.1. The van der Waals surface area contributed by atoms with Gasteiger partial charge in [0.25, 0.3) is 0 Å². The second-order valence-corrected chi connectivity index (χ2v) is 5.87. The first-order valence-corrected chi connectivity index (χ1v) is 7.48. The van der Waals surface area contributed by atoms with E-state index in [2.05, 4.69) is 0 Å². The Kier molecular flexibility index (Phi) is 4.74. The number of aryl methyl sites for hydroxylation is 1. The van der Waals surface area contributed by atoms with Gasteiger partial charge in [0, 0.05) is 11.4 Å². The largest absolute Gasteiger partial charge is 0.497 e. The van der Waals surface area contributed by atoms with Crippen LogP contribution in [0.2, 0.25) is 0 Å². The Morgan fingerprint density at radius 3 is 2.55 bits per heavy atom. The first kappa shape index (κ1) is 14.5. The van der Waals surface area contributed by atoms with E-state index in [-0.39, 0.29) is 0 Å². The molecule has 0 spiro atoms. The average Bonchev–Trinajstić information content (AvgIpc) is 2.47. The minimum absolute atomic E-state index is 0.360. The average molecular weight is 293 g/mol. The minimum atomic E-state index is -1.31. The Labute approximate surface area is 120 Å². The van der Waals surface area contributed by atoms with Gasteiger partial charge in [0.2, 0.25) is 0 Å². The van der Waals surface area contributed by atoms with E-state index in [9.17, 15) is 8.60 Å². The summed E-state index contributed by atoms with van der Waals surface area (Å²) in [6.45, 7) is 0. The lowest BCUT2D eigenvalue weighted by Gasteiger charge is -2.07. The molecule has 0 saturated heterocycles. The van der Waals surface area contributed by atoms with Gasteiger partial charge in [-0.3, -0.25) is 4.21 Å². The number of rotatable bonds is 5. The van der Waals surface area contributed by atoms with Crippen LogP contribution in [0.5, 0.6) is 5.75 Å². The highest BCUT2D eigenvalue weighted by Gasteiger charge is 2.09. The van der Waals surface area contributed by atoms with Crippen molar-refractivity contribution in [2.75, 3.05) is 18.6 Å². The fraction of sp³-hybridized carbons (Fsp3) is 0.200. The van der Waals surface area contributed by atoms with Crippen LogP contribution in [-0.4, -0.2) is 17.1 Å². The molecule has 0 amide bonds. The molecule has 2 aromatic rings. The second kappa shape index (κ2) is 6.52. The van der Waals surface area contributed by atoms with Crippen LogP contribution in [0.4, 0.5) is 10.1 Å². The third-order valence-electron chi connectivity index (χ3n) is 2.96. The fourth-order valence-corrected chi connectivity index (χ4v) is 3.03. The van der Waals surface area contributed by atoms with Crippen molar-refractivity contribution >= 4 is 16.5 Å². The van der Waals surface area contributed by atoms with Gasteiger partial charge in [-0.15, -0.1) is 0 Å². The Balaban J connectivity index is 2.02. The normalized spacial score (nSPS) is 12.1.